The van der Waals surface area contributed by atoms with E-state index in [-0.39, 0.29) is 21.3 Å². The van der Waals surface area contributed by atoms with Crippen LogP contribution in [0.15, 0.2) is 42.6 Å². The fourth-order valence-corrected chi connectivity index (χ4v) is 3.51. The molecule has 2 heterocycles. The number of carbonyl (C=O) groups is 2. The van der Waals surface area contributed by atoms with Crippen molar-refractivity contribution in [1.29, 1.82) is 0 Å². The van der Waals surface area contributed by atoms with Gasteiger partial charge in [0.2, 0.25) is 0 Å². The summed E-state index contributed by atoms with van der Waals surface area (Å²) >= 11 is 0.791. The van der Waals surface area contributed by atoms with E-state index >= 15 is 0 Å². The van der Waals surface area contributed by atoms with Gasteiger partial charge in [-0.1, -0.05) is 12.1 Å². The summed E-state index contributed by atoms with van der Waals surface area (Å²) in [5, 5.41) is 0.148. The Morgan fingerprint density at radius 2 is 1.56 bits per heavy atom. The van der Waals surface area contributed by atoms with Crippen LogP contribution in [-0.4, -0.2) is 21.8 Å². The van der Waals surface area contributed by atoms with E-state index < -0.39 is 40.9 Å². The van der Waals surface area contributed by atoms with E-state index in [1.54, 1.807) is 0 Å². The van der Waals surface area contributed by atoms with Crippen molar-refractivity contribution in [3.63, 3.8) is 0 Å². The predicted molar refractivity (Wildman–Crippen MR) is 101 cm³/mol. The number of rotatable bonds is 3. The van der Waals surface area contributed by atoms with E-state index in [4.69, 9.17) is 0 Å². The summed E-state index contributed by atoms with van der Waals surface area (Å²) in [4.78, 5) is 32.3. The molecule has 0 aliphatic carbocycles. The van der Waals surface area contributed by atoms with Gasteiger partial charge in [-0.3, -0.25) is 25.4 Å². The summed E-state index contributed by atoms with van der Waals surface area (Å²) in [5.74, 6) is -2.05. The van der Waals surface area contributed by atoms with Gasteiger partial charge in [0.15, 0.2) is 0 Å². The summed E-state index contributed by atoms with van der Waals surface area (Å²) in [7, 11) is 0. The lowest BCUT2D eigenvalue weighted by atomic mass is 10.1. The van der Waals surface area contributed by atoms with E-state index in [1.165, 1.54) is 13.0 Å². The summed E-state index contributed by atoms with van der Waals surface area (Å²) in [6.45, 7) is 1.44. The van der Waals surface area contributed by atoms with Crippen LogP contribution in [0.4, 0.5) is 26.3 Å². The molecule has 2 amide bonds. The van der Waals surface area contributed by atoms with Gasteiger partial charge in [-0.25, -0.2) is 4.98 Å². The van der Waals surface area contributed by atoms with E-state index in [9.17, 15) is 35.9 Å². The number of amides is 2. The number of benzene rings is 1. The van der Waals surface area contributed by atoms with Crippen LogP contribution in [0.5, 0.6) is 0 Å². The zero-order chi connectivity index (χ0) is 23.7. The maximum atomic E-state index is 13.0. The third-order valence-corrected chi connectivity index (χ3v) is 5.26. The fraction of sp³-hybridized carbons (Fsp3) is 0.158. The third kappa shape index (κ3) is 5.04. The summed E-state index contributed by atoms with van der Waals surface area (Å²) in [6.07, 6.45) is -8.70. The molecule has 0 bridgehead atoms. The van der Waals surface area contributed by atoms with Crippen LogP contribution < -0.4 is 10.9 Å². The number of hydrogen-bond acceptors (Lipinski definition) is 5. The van der Waals surface area contributed by atoms with Crippen molar-refractivity contribution < 1.29 is 35.9 Å². The maximum absolute atomic E-state index is 13.0. The molecular weight excluding hydrogens is 462 g/mol. The number of halogens is 6. The van der Waals surface area contributed by atoms with Gasteiger partial charge in [-0.05, 0) is 31.2 Å². The molecule has 0 spiro atoms. The molecule has 0 fully saturated rings. The van der Waals surface area contributed by atoms with E-state index in [0.29, 0.717) is 6.20 Å². The molecule has 0 aliphatic heterocycles. The Labute approximate surface area is 180 Å². The monoisotopic (exact) mass is 474 g/mol. The molecule has 2 aromatic heterocycles. The molecule has 3 aromatic rings. The van der Waals surface area contributed by atoms with E-state index in [0.717, 1.165) is 41.7 Å². The van der Waals surface area contributed by atoms with Crippen LogP contribution in [-0.2, 0) is 12.4 Å². The summed E-state index contributed by atoms with van der Waals surface area (Å²) in [6, 6.07) is 5.96. The van der Waals surface area contributed by atoms with Crippen molar-refractivity contribution in [2.75, 3.05) is 0 Å². The molecule has 1 aromatic carbocycles. The molecule has 32 heavy (non-hydrogen) atoms. The topological polar surface area (TPSA) is 84.0 Å². The molecule has 0 saturated heterocycles. The lowest BCUT2D eigenvalue weighted by Gasteiger charge is -2.12. The molecule has 0 radical (unpaired) electrons. The fourth-order valence-electron chi connectivity index (χ4n) is 2.57. The number of hydrogen-bond donors (Lipinski definition) is 2. The molecular formula is C19H12F6N4O2S. The second-order valence-corrected chi connectivity index (χ2v) is 7.31. The van der Waals surface area contributed by atoms with Gasteiger partial charge < -0.3 is 0 Å². The van der Waals surface area contributed by atoms with Crippen LogP contribution in [0.3, 0.4) is 0 Å². The SMILES string of the molecule is Cc1nc(-c2ccc(C(F)(F)F)cn2)sc1C(=O)NNC(=O)c1ccccc1C(F)(F)F. The molecule has 2 N–H and O–H groups in total. The Bertz CT molecular complexity index is 1160. The molecule has 0 aliphatic rings. The Hall–Kier alpha value is -3.48. The van der Waals surface area contributed by atoms with Crippen molar-refractivity contribution >= 4 is 23.2 Å². The number of nitrogens with one attached hydrogen (secondary N) is 2. The Morgan fingerprint density at radius 3 is 2.16 bits per heavy atom. The number of aromatic nitrogens is 2. The first-order chi connectivity index (χ1) is 14.9. The quantitative estimate of drug-likeness (QED) is 0.429. The normalized spacial score (nSPS) is 11.8. The zero-order valence-corrected chi connectivity index (χ0v) is 16.7. The van der Waals surface area contributed by atoms with Gasteiger partial charge in [0.1, 0.15) is 9.88 Å². The number of carbonyl (C=O) groups excluding carboxylic acids is 2. The first kappa shape index (κ1) is 23.2. The molecule has 6 nitrogen and oxygen atoms in total. The lowest BCUT2D eigenvalue weighted by Crippen LogP contribution is -2.42. The average molecular weight is 474 g/mol. The molecule has 0 unspecified atom stereocenters. The minimum atomic E-state index is -4.77. The number of aryl methyl sites for hydroxylation is 1. The average Bonchev–Trinajstić information content (AvgIpc) is 3.12. The zero-order valence-electron chi connectivity index (χ0n) is 15.9. The van der Waals surface area contributed by atoms with Gasteiger partial charge in [0.05, 0.1) is 28.1 Å². The summed E-state index contributed by atoms with van der Waals surface area (Å²) in [5.41, 5.74) is 1.39. The van der Waals surface area contributed by atoms with Gasteiger partial charge in [0.25, 0.3) is 11.8 Å². The van der Waals surface area contributed by atoms with E-state index in [1.807, 2.05) is 10.9 Å². The van der Waals surface area contributed by atoms with E-state index in [2.05, 4.69) is 9.97 Å². The number of nitrogens with zero attached hydrogens (tertiary/aromatic N) is 2. The molecule has 0 saturated carbocycles. The maximum Gasteiger partial charge on any atom is 0.417 e. The largest absolute Gasteiger partial charge is 0.417 e. The highest BCUT2D eigenvalue weighted by molar-refractivity contribution is 7.17. The van der Waals surface area contributed by atoms with Gasteiger partial charge in [-0.15, -0.1) is 11.3 Å². The number of hydrazine groups is 1. The number of alkyl halides is 6. The van der Waals surface area contributed by atoms with Gasteiger partial charge in [0, 0.05) is 6.20 Å². The second-order valence-electron chi connectivity index (χ2n) is 6.32. The minimum Gasteiger partial charge on any atom is -0.267 e. The Balaban J connectivity index is 1.73. The smallest absolute Gasteiger partial charge is 0.267 e. The van der Waals surface area contributed by atoms with Crippen LogP contribution in [0.1, 0.15) is 36.9 Å². The molecule has 168 valence electrons. The lowest BCUT2D eigenvalue weighted by molar-refractivity contribution is -0.138. The standard InChI is InChI=1S/C19H12F6N4O2S/c1-9-14(32-17(27-9)13-7-6-10(8-26-13)18(20,21)22)16(31)29-28-15(30)11-4-2-3-5-12(11)19(23,24)25/h2-8H,1H3,(H,28,30)(H,29,31). The highest BCUT2D eigenvalue weighted by Crippen LogP contribution is 2.32. The number of thiazole rings is 1. The van der Waals surface area contributed by atoms with Crippen LogP contribution in [0.25, 0.3) is 10.7 Å². The molecule has 13 heteroatoms. The van der Waals surface area contributed by atoms with Crippen molar-refractivity contribution in [3.8, 4) is 10.7 Å². The first-order valence-electron chi connectivity index (χ1n) is 8.66. The summed E-state index contributed by atoms with van der Waals surface area (Å²) < 4.78 is 77.1. The highest BCUT2D eigenvalue weighted by atomic mass is 32.1. The first-order valence-corrected chi connectivity index (χ1v) is 9.47. The number of pyridine rings is 1. The van der Waals surface area contributed by atoms with Crippen LogP contribution >= 0.6 is 11.3 Å². The second kappa shape index (κ2) is 8.57. The Kier molecular flexibility index (Phi) is 6.21. The Morgan fingerprint density at radius 1 is 0.906 bits per heavy atom. The van der Waals surface area contributed by atoms with Crippen molar-refractivity contribution in [2.45, 2.75) is 19.3 Å². The molecule has 3 rings (SSSR count). The van der Waals surface area contributed by atoms with Crippen molar-refractivity contribution in [1.82, 2.24) is 20.8 Å². The van der Waals surface area contributed by atoms with Gasteiger partial charge in [-0.2, -0.15) is 26.3 Å². The molecule has 0 atom stereocenters. The van der Waals surface area contributed by atoms with Gasteiger partial charge >= 0.3 is 12.4 Å². The minimum absolute atomic E-state index is 0.00824. The third-order valence-electron chi connectivity index (χ3n) is 4.08. The van der Waals surface area contributed by atoms with Crippen LogP contribution in [0.2, 0.25) is 0 Å². The van der Waals surface area contributed by atoms with Crippen molar-refractivity contribution in [3.05, 3.63) is 69.9 Å². The highest BCUT2D eigenvalue weighted by Gasteiger charge is 2.35. The van der Waals surface area contributed by atoms with Crippen LogP contribution in [0, 0.1) is 6.92 Å². The van der Waals surface area contributed by atoms with Crippen molar-refractivity contribution in [2.24, 2.45) is 0 Å². The predicted octanol–water partition coefficient (Wildman–Crippen LogP) is 4.63.